The second-order valence-electron chi connectivity index (χ2n) is 16.8. The lowest BCUT2D eigenvalue weighted by Crippen LogP contribution is -2.56. The molecule has 6 aliphatic rings. The lowest BCUT2D eigenvalue weighted by Gasteiger charge is -2.35. The Labute approximate surface area is 296 Å². The van der Waals surface area contributed by atoms with Gasteiger partial charge in [-0.25, -0.2) is 20.4 Å². The summed E-state index contributed by atoms with van der Waals surface area (Å²) in [7, 11) is 0. The lowest BCUT2D eigenvalue weighted by molar-refractivity contribution is -0.146. The van der Waals surface area contributed by atoms with Crippen LogP contribution in [-0.4, -0.2) is 93.2 Å². The molecule has 4 unspecified atom stereocenters. The number of carboxylic acids is 1. The molecule has 50 heavy (non-hydrogen) atoms. The average molecular weight is 704 g/mol. The number of rotatable bonds is 6. The van der Waals surface area contributed by atoms with Crippen molar-refractivity contribution in [2.45, 2.75) is 184 Å². The smallest absolute Gasteiger partial charge is 0.408 e. The first-order chi connectivity index (χ1) is 23.9. The van der Waals surface area contributed by atoms with Gasteiger partial charge < -0.3 is 30.1 Å². The quantitative estimate of drug-likeness (QED) is 0.239. The van der Waals surface area contributed by atoms with Gasteiger partial charge in [-0.15, -0.1) is 0 Å². The van der Waals surface area contributed by atoms with E-state index >= 15 is 0 Å². The fourth-order valence-corrected chi connectivity index (χ4v) is 8.97. The molecule has 0 spiro atoms. The number of nitrogens with one attached hydrogen (secondary N) is 5. The van der Waals surface area contributed by atoms with Crippen LogP contribution >= 0.6 is 0 Å². The molecule has 6 rings (SSSR count). The fraction of sp³-hybridized carbons (Fsp3) is 0.889. The van der Waals surface area contributed by atoms with Crippen LogP contribution in [-0.2, 0) is 23.9 Å². The van der Waals surface area contributed by atoms with Crippen LogP contribution in [0, 0.1) is 11.8 Å². The number of hydrogen-bond acceptors (Lipinski definition) is 10. The summed E-state index contributed by atoms with van der Waals surface area (Å²) < 4.78 is 12.1. The zero-order valence-corrected chi connectivity index (χ0v) is 30.3. The van der Waals surface area contributed by atoms with Crippen molar-refractivity contribution in [3.63, 3.8) is 0 Å². The van der Waals surface area contributed by atoms with E-state index in [4.69, 9.17) is 9.47 Å². The number of alkyl carbamates (subject to hydrolysis) is 1. The number of carboxylic acid groups (broad SMARTS) is 1. The van der Waals surface area contributed by atoms with Crippen molar-refractivity contribution in [2.24, 2.45) is 11.8 Å². The Morgan fingerprint density at radius 1 is 0.880 bits per heavy atom. The molecule has 3 aliphatic carbocycles. The third kappa shape index (κ3) is 9.09. The summed E-state index contributed by atoms with van der Waals surface area (Å²) in [5, 5.41) is 17.8. The van der Waals surface area contributed by atoms with E-state index in [2.05, 4.69) is 27.0 Å². The molecule has 14 heteroatoms. The van der Waals surface area contributed by atoms with E-state index in [1.807, 2.05) is 5.12 Å². The standard InChI is InChI=1S/C36H61N7O7/c1-35(2,3)50-34(48)37-28-18-11-6-4-5-8-14-24-21-36(24,33(46)47)38-31(44)29-20-25(22-42(29)32(28)45)43-40-30(39-41-43)23-13-12-17-27(19-23)49-26-15-9-7-10-16-26/h23-30,39-41H,4-22H2,1-3H3,(H,37,48)(H,38,44)(H,46,47)/t23?,24-,25?,27?,28-,29+,30?,36+/m1/s1. The largest absolute Gasteiger partial charge is 0.479 e. The molecule has 0 aromatic rings. The Morgan fingerprint density at radius 2 is 1.56 bits per heavy atom. The summed E-state index contributed by atoms with van der Waals surface area (Å²) in [5.41, 5.74) is 8.22. The van der Waals surface area contributed by atoms with Crippen molar-refractivity contribution in [3.05, 3.63) is 0 Å². The highest BCUT2D eigenvalue weighted by Crippen LogP contribution is 2.47. The van der Waals surface area contributed by atoms with Crippen LogP contribution in [0.2, 0.25) is 0 Å². The third-order valence-electron chi connectivity index (χ3n) is 11.8. The van der Waals surface area contributed by atoms with Gasteiger partial charge in [0.25, 0.3) is 0 Å². The summed E-state index contributed by atoms with van der Waals surface area (Å²) in [6.45, 7) is 5.54. The summed E-state index contributed by atoms with van der Waals surface area (Å²) in [6, 6.07) is -2.06. The van der Waals surface area contributed by atoms with Gasteiger partial charge >= 0.3 is 12.1 Å². The van der Waals surface area contributed by atoms with Gasteiger partial charge in [-0.3, -0.25) is 9.59 Å². The van der Waals surface area contributed by atoms with Crippen LogP contribution in [0.4, 0.5) is 4.79 Å². The molecule has 14 nitrogen and oxygen atoms in total. The normalized spacial score (nSPS) is 36.8. The molecule has 6 N–H and O–H groups in total. The monoisotopic (exact) mass is 703 g/mol. The second kappa shape index (κ2) is 16.0. The number of carbonyl (C=O) groups is 4. The summed E-state index contributed by atoms with van der Waals surface area (Å²) in [5.74, 6) is -1.62. The minimum atomic E-state index is -1.30. The number of hydrazine groups is 3. The Bertz CT molecular complexity index is 1230. The Morgan fingerprint density at radius 3 is 2.30 bits per heavy atom. The molecule has 3 saturated carbocycles. The van der Waals surface area contributed by atoms with Gasteiger partial charge in [0, 0.05) is 6.54 Å². The van der Waals surface area contributed by atoms with E-state index in [9.17, 15) is 24.3 Å². The Kier molecular flexibility index (Phi) is 11.9. The molecule has 0 aromatic heterocycles. The van der Waals surface area contributed by atoms with Crippen LogP contribution in [0.1, 0.15) is 136 Å². The van der Waals surface area contributed by atoms with Gasteiger partial charge in [-0.1, -0.05) is 57.8 Å². The number of aliphatic carboxylic acids is 1. The predicted molar refractivity (Wildman–Crippen MR) is 185 cm³/mol. The topological polar surface area (TPSA) is 174 Å². The van der Waals surface area contributed by atoms with Gasteiger partial charge in [-0.2, -0.15) is 10.7 Å². The summed E-state index contributed by atoms with van der Waals surface area (Å²) >= 11 is 0. The van der Waals surface area contributed by atoms with Gasteiger partial charge in [0.2, 0.25) is 11.8 Å². The van der Waals surface area contributed by atoms with Crippen molar-refractivity contribution in [1.29, 1.82) is 0 Å². The van der Waals surface area contributed by atoms with Crippen LogP contribution in [0.3, 0.4) is 0 Å². The zero-order valence-electron chi connectivity index (χ0n) is 30.3. The first-order valence-corrected chi connectivity index (χ1v) is 19.5. The van der Waals surface area contributed by atoms with Crippen molar-refractivity contribution in [2.75, 3.05) is 6.54 Å². The van der Waals surface area contributed by atoms with Crippen molar-refractivity contribution < 1.29 is 33.8 Å². The van der Waals surface area contributed by atoms with Gasteiger partial charge in [0.1, 0.15) is 23.2 Å². The maximum Gasteiger partial charge on any atom is 0.408 e. The van der Waals surface area contributed by atoms with Crippen LogP contribution < -0.4 is 27.0 Å². The molecule has 3 heterocycles. The van der Waals surface area contributed by atoms with Crippen molar-refractivity contribution in [3.8, 4) is 0 Å². The van der Waals surface area contributed by atoms with Crippen LogP contribution in [0.5, 0.6) is 0 Å². The highest BCUT2D eigenvalue weighted by atomic mass is 16.6. The van der Waals surface area contributed by atoms with E-state index < -0.39 is 41.2 Å². The maximum absolute atomic E-state index is 14.4. The van der Waals surface area contributed by atoms with Gasteiger partial charge in [0.15, 0.2) is 0 Å². The first-order valence-electron chi connectivity index (χ1n) is 19.5. The second-order valence-corrected chi connectivity index (χ2v) is 16.8. The fourth-order valence-electron chi connectivity index (χ4n) is 8.97. The average Bonchev–Trinajstić information content (AvgIpc) is 3.37. The Balaban J connectivity index is 1.16. The van der Waals surface area contributed by atoms with E-state index in [0.29, 0.717) is 31.3 Å². The number of amides is 3. The van der Waals surface area contributed by atoms with Gasteiger partial charge in [0.05, 0.1) is 24.4 Å². The molecule has 3 aliphatic heterocycles. The minimum absolute atomic E-state index is 0.0422. The SMILES string of the molecule is CC(C)(C)OC(=O)N[C@@H]1CCCCCCC[C@@H]2C[C@]2(C(=O)O)NC(=O)[C@@H]2CC(N3NNC(C4CCCC(OC5CCCCC5)C4)N3)CN2C1=O. The molecular formula is C36H61N7O7. The molecule has 0 aromatic carbocycles. The lowest BCUT2D eigenvalue weighted by atomic mass is 9.85. The van der Waals surface area contributed by atoms with Crippen LogP contribution in [0.25, 0.3) is 0 Å². The molecule has 6 fully saturated rings. The molecule has 0 bridgehead atoms. The zero-order chi connectivity index (χ0) is 35.5. The molecule has 0 radical (unpaired) electrons. The molecular weight excluding hydrogens is 642 g/mol. The van der Waals surface area contributed by atoms with E-state index in [1.165, 1.54) is 19.3 Å². The van der Waals surface area contributed by atoms with E-state index in [-0.39, 0.29) is 36.7 Å². The summed E-state index contributed by atoms with van der Waals surface area (Å²) in [6.07, 6.45) is 16.5. The van der Waals surface area contributed by atoms with Gasteiger partial charge in [-0.05, 0) is 90.4 Å². The van der Waals surface area contributed by atoms with Crippen molar-refractivity contribution >= 4 is 23.9 Å². The van der Waals surface area contributed by atoms with E-state index in [0.717, 1.165) is 77.0 Å². The minimum Gasteiger partial charge on any atom is -0.479 e. The maximum atomic E-state index is 14.4. The first kappa shape index (κ1) is 37.2. The Hall–Kier alpha value is -2.52. The number of fused-ring (bicyclic) bond motifs is 2. The summed E-state index contributed by atoms with van der Waals surface area (Å²) in [4.78, 5) is 55.4. The highest BCUT2D eigenvalue weighted by Gasteiger charge is 2.62. The molecule has 3 amide bonds. The van der Waals surface area contributed by atoms with E-state index in [1.54, 1.807) is 25.7 Å². The van der Waals surface area contributed by atoms with Crippen molar-refractivity contribution in [1.82, 2.24) is 37.0 Å². The highest BCUT2D eigenvalue weighted by molar-refractivity contribution is 5.96. The molecule has 282 valence electrons. The van der Waals surface area contributed by atoms with Crippen LogP contribution in [0.15, 0.2) is 0 Å². The predicted octanol–water partition coefficient (Wildman–Crippen LogP) is 3.62. The molecule has 8 atom stereocenters. The molecule has 3 saturated heterocycles. The number of hydrogen-bond donors (Lipinski definition) is 6. The number of nitrogens with zero attached hydrogens (tertiary/aromatic N) is 2. The number of ether oxygens (including phenoxy) is 2. The third-order valence-corrected chi connectivity index (χ3v) is 11.8. The number of carbonyl (C=O) groups excluding carboxylic acids is 3.